The number of rotatable bonds is 4. The maximum atomic E-state index is 13.0. The first-order chi connectivity index (χ1) is 7.95. The van der Waals surface area contributed by atoms with Crippen LogP contribution in [0.3, 0.4) is 0 Å². The fourth-order valence-corrected chi connectivity index (χ4v) is 1.33. The summed E-state index contributed by atoms with van der Waals surface area (Å²) in [5.41, 5.74) is 5.88. The van der Waals surface area contributed by atoms with Crippen LogP contribution in [0.25, 0.3) is 0 Å². The van der Waals surface area contributed by atoms with Crippen molar-refractivity contribution in [2.24, 2.45) is 11.7 Å². The summed E-state index contributed by atoms with van der Waals surface area (Å²) in [6.07, 6.45) is 0. The number of carbonyl (C=O) groups is 1. The van der Waals surface area contributed by atoms with Crippen molar-refractivity contribution in [3.05, 3.63) is 35.4 Å². The highest BCUT2D eigenvalue weighted by Gasteiger charge is 2.15. The first-order valence-corrected chi connectivity index (χ1v) is 5.41. The Morgan fingerprint density at radius 3 is 2.53 bits per heavy atom. The molecule has 0 saturated carbocycles. The van der Waals surface area contributed by atoms with Crippen molar-refractivity contribution in [2.45, 2.75) is 19.9 Å². The number of nitrogens with one attached hydrogen (secondary N) is 1. The standard InChI is InChI=1S/C12H16F2N2O/c1-7(6-15)12(17)16-8(2)9-3-4-10(13)11(14)5-9/h3-5,7-8H,6,15H2,1-2H3,(H,16,17). The topological polar surface area (TPSA) is 55.1 Å². The Hall–Kier alpha value is -1.49. The van der Waals surface area contributed by atoms with Gasteiger partial charge in [-0.1, -0.05) is 13.0 Å². The minimum Gasteiger partial charge on any atom is -0.349 e. The lowest BCUT2D eigenvalue weighted by Crippen LogP contribution is -2.34. The van der Waals surface area contributed by atoms with E-state index in [0.717, 1.165) is 12.1 Å². The van der Waals surface area contributed by atoms with Crippen LogP contribution in [0.15, 0.2) is 18.2 Å². The van der Waals surface area contributed by atoms with Crippen molar-refractivity contribution < 1.29 is 13.6 Å². The highest BCUT2D eigenvalue weighted by atomic mass is 19.2. The van der Waals surface area contributed by atoms with Crippen LogP contribution in [-0.4, -0.2) is 12.5 Å². The molecule has 5 heteroatoms. The van der Waals surface area contributed by atoms with Gasteiger partial charge in [0.2, 0.25) is 5.91 Å². The van der Waals surface area contributed by atoms with E-state index >= 15 is 0 Å². The third kappa shape index (κ3) is 3.49. The number of hydrogen-bond acceptors (Lipinski definition) is 2. The van der Waals surface area contributed by atoms with Gasteiger partial charge in [-0.15, -0.1) is 0 Å². The van der Waals surface area contributed by atoms with Crippen LogP contribution in [0, 0.1) is 17.6 Å². The molecule has 0 aromatic heterocycles. The molecule has 0 saturated heterocycles. The second kappa shape index (κ2) is 5.72. The first-order valence-electron chi connectivity index (χ1n) is 5.41. The normalized spacial score (nSPS) is 14.2. The molecule has 1 amide bonds. The molecule has 0 aliphatic heterocycles. The highest BCUT2D eigenvalue weighted by Crippen LogP contribution is 2.16. The second-order valence-electron chi connectivity index (χ2n) is 4.04. The molecule has 0 radical (unpaired) electrons. The molecule has 2 atom stereocenters. The fraction of sp³-hybridized carbons (Fsp3) is 0.417. The van der Waals surface area contributed by atoms with E-state index in [1.807, 2.05) is 0 Å². The lowest BCUT2D eigenvalue weighted by Gasteiger charge is -2.17. The van der Waals surface area contributed by atoms with Crippen molar-refractivity contribution in [1.82, 2.24) is 5.32 Å². The number of halogens is 2. The van der Waals surface area contributed by atoms with Crippen LogP contribution in [0.5, 0.6) is 0 Å². The van der Waals surface area contributed by atoms with Crippen molar-refractivity contribution in [1.29, 1.82) is 0 Å². The van der Waals surface area contributed by atoms with Crippen LogP contribution in [0.2, 0.25) is 0 Å². The Morgan fingerprint density at radius 2 is 2.00 bits per heavy atom. The largest absolute Gasteiger partial charge is 0.349 e. The summed E-state index contributed by atoms with van der Waals surface area (Å²) in [5.74, 6) is -2.33. The third-order valence-corrected chi connectivity index (χ3v) is 2.60. The van der Waals surface area contributed by atoms with Gasteiger partial charge in [-0.05, 0) is 24.6 Å². The van der Waals surface area contributed by atoms with E-state index in [1.54, 1.807) is 13.8 Å². The van der Waals surface area contributed by atoms with Gasteiger partial charge in [0, 0.05) is 12.5 Å². The highest BCUT2D eigenvalue weighted by molar-refractivity contribution is 5.78. The summed E-state index contributed by atoms with van der Waals surface area (Å²) in [6, 6.07) is 3.18. The van der Waals surface area contributed by atoms with Crippen molar-refractivity contribution in [3.8, 4) is 0 Å². The van der Waals surface area contributed by atoms with E-state index in [2.05, 4.69) is 5.32 Å². The summed E-state index contributed by atoms with van der Waals surface area (Å²) < 4.78 is 25.7. The molecule has 0 aliphatic carbocycles. The maximum Gasteiger partial charge on any atom is 0.224 e. The summed E-state index contributed by atoms with van der Waals surface area (Å²) in [4.78, 5) is 11.6. The van der Waals surface area contributed by atoms with Crippen LogP contribution < -0.4 is 11.1 Å². The Labute approximate surface area is 99.0 Å². The number of nitrogens with two attached hydrogens (primary N) is 1. The number of benzene rings is 1. The smallest absolute Gasteiger partial charge is 0.224 e. The number of carbonyl (C=O) groups excluding carboxylic acids is 1. The van der Waals surface area contributed by atoms with Gasteiger partial charge in [0.05, 0.1) is 6.04 Å². The molecule has 0 bridgehead atoms. The Balaban J connectivity index is 2.73. The summed E-state index contributed by atoms with van der Waals surface area (Å²) in [6.45, 7) is 3.65. The van der Waals surface area contributed by atoms with Crippen LogP contribution >= 0.6 is 0 Å². The van der Waals surface area contributed by atoms with Crippen molar-refractivity contribution >= 4 is 5.91 Å². The molecule has 17 heavy (non-hydrogen) atoms. The molecule has 2 unspecified atom stereocenters. The van der Waals surface area contributed by atoms with E-state index in [0.29, 0.717) is 5.56 Å². The van der Waals surface area contributed by atoms with Gasteiger partial charge in [0.25, 0.3) is 0 Å². The zero-order valence-electron chi connectivity index (χ0n) is 9.84. The summed E-state index contributed by atoms with van der Waals surface area (Å²) in [5, 5.41) is 2.69. The average Bonchev–Trinajstić information content (AvgIpc) is 2.31. The van der Waals surface area contributed by atoms with Gasteiger partial charge in [-0.2, -0.15) is 0 Å². The third-order valence-electron chi connectivity index (χ3n) is 2.60. The Kier molecular flexibility index (Phi) is 4.57. The van der Waals surface area contributed by atoms with Gasteiger partial charge in [-0.3, -0.25) is 4.79 Å². The molecule has 1 aromatic carbocycles. The van der Waals surface area contributed by atoms with Gasteiger partial charge < -0.3 is 11.1 Å². The Bertz CT molecular complexity index is 409. The average molecular weight is 242 g/mol. The van der Waals surface area contributed by atoms with Gasteiger partial charge >= 0.3 is 0 Å². The van der Waals surface area contributed by atoms with Crippen molar-refractivity contribution in [2.75, 3.05) is 6.54 Å². The SMILES string of the molecule is CC(CN)C(=O)NC(C)c1ccc(F)c(F)c1. The molecule has 94 valence electrons. The number of hydrogen-bond donors (Lipinski definition) is 2. The van der Waals surface area contributed by atoms with E-state index in [1.165, 1.54) is 6.07 Å². The molecule has 1 aromatic rings. The van der Waals surface area contributed by atoms with Gasteiger partial charge in [0.15, 0.2) is 11.6 Å². The predicted octanol–water partition coefficient (Wildman–Crippen LogP) is 1.74. The van der Waals surface area contributed by atoms with E-state index in [9.17, 15) is 13.6 Å². The van der Waals surface area contributed by atoms with Gasteiger partial charge in [-0.25, -0.2) is 8.78 Å². The quantitative estimate of drug-likeness (QED) is 0.845. The monoisotopic (exact) mass is 242 g/mol. The number of amides is 1. The molecule has 0 heterocycles. The molecular weight excluding hydrogens is 226 g/mol. The van der Waals surface area contributed by atoms with E-state index in [-0.39, 0.29) is 24.4 Å². The minimum atomic E-state index is -0.921. The molecule has 3 N–H and O–H groups in total. The van der Waals surface area contributed by atoms with E-state index in [4.69, 9.17) is 5.73 Å². The lowest BCUT2D eigenvalue weighted by atomic mass is 10.1. The Morgan fingerprint density at radius 1 is 1.35 bits per heavy atom. The van der Waals surface area contributed by atoms with Crippen LogP contribution in [-0.2, 0) is 4.79 Å². The molecule has 0 aliphatic rings. The molecule has 3 nitrogen and oxygen atoms in total. The molecule has 1 rings (SSSR count). The summed E-state index contributed by atoms with van der Waals surface area (Å²) in [7, 11) is 0. The maximum absolute atomic E-state index is 13.0. The van der Waals surface area contributed by atoms with Crippen molar-refractivity contribution in [3.63, 3.8) is 0 Å². The van der Waals surface area contributed by atoms with Crippen LogP contribution in [0.1, 0.15) is 25.5 Å². The fourth-order valence-electron chi connectivity index (χ4n) is 1.33. The lowest BCUT2D eigenvalue weighted by molar-refractivity contribution is -0.124. The molecule has 0 fully saturated rings. The summed E-state index contributed by atoms with van der Waals surface area (Å²) >= 11 is 0. The second-order valence-corrected chi connectivity index (χ2v) is 4.04. The zero-order chi connectivity index (χ0) is 13.0. The predicted molar refractivity (Wildman–Crippen MR) is 61.1 cm³/mol. The minimum absolute atomic E-state index is 0.204. The van der Waals surface area contributed by atoms with Gasteiger partial charge in [0.1, 0.15) is 0 Å². The first kappa shape index (κ1) is 13.6. The molecular formula is C12H16F2N2O. The van der Waals surface area contributed by atoms with E-state index < -0.39 is 11.6 Å². The molecule has 0 spiro atoms. The zero-order valence-corrected chi connectivity index (χ0v) is 9.84. The van der Waals surface area contributed by atoms with Crippen LogP contribution in [0.4, 0.5) is 8.78 Å².